The summed E-state index contributed by atoms with van der Waals surface area (Å²) < 4.78 is 40.8. The van der Waals surface area contributed by atoms with E-state index in [4.69, 9.17) is 0 Å². The molecule has 1 aliphatic rings. The van der Waals surface area contributed by atoms with Crippen molar-refractivity contribution in [3.63, 3.8) is 0 Å². The quantitative estimate of drug-likeness (QED) is 0.568. The maximum Gasteiger partial charge on any atom is 0.266 e. The lowest BCUT2D eigenvalue weighted by atomic mass is 9.97. The van der Waals surface area contributed by atoms with E-state index in [1.165, 1.54) is 12.1 Å². The molecule has 0 bridgehead atoms. The fourth-order valence-corrected chi connectivity index (χ4v) is 3.97. The fourth-order valence-electron chi connectivity index (χ4n) is 3.97. The number of aromatic nitrogens is 2. The van der Waals surface area contributed by atoms with Gasteiger partial charge in [0.1, 0.15) is 5.82 Å². The molecule has 0 fully saturated rings. The van der Waals surface area contributed by atoms with Crippen molar-refractivity contribution in [2.24, 2.45) is 0 Å². The van der Waals surface area contributed by atoms with Crippen LogP contribution in [-0.2, 0) is 4.79 Å². The number of nitrogens with one attached hydrogen (secondary N) is 1. The summed E-state index contributed by atoms with van der Waals surface area (Å²) in [6.45, 7) is 4.51. The molecule has 0 unspecified atom stereocenters. The van der Waals surface area contributed by atoms with Gasteiger partial charge in [0.2, 0.25) is 5.91 Å². The molecule has 1 aromatic heterocycles. The third-order valence-corrected chi connectivity index (χ3v) is 5.80. The zero-order valence-electron chi connectivity index (χ0n) is 17.8. The summed E-state index contributed by atoms with van der Waals surface area (Å²) in [5.41, 5.74) is 2.98. The lowest BCUT2D eigenvalue weighted by Crippen LogP contribution is -2.32. The van der Waals surface area contributed by atoms with Crippen LogP contribution in [0.25, 0.3) is 16.5 Å². The minimum Gasteiger partial charge on any atom is -0.377 e. The summed E-state index contributed by atoms with van der Waals surface area (Å²) in [6.07, 6.45) is 1.45. The van der Waals surface area contributed by atoms with Crippen LogP contribution in [0.15, 0.2) is 48.7 Å². The highest BCUT2D eigenvalue weighted by molar-refractivity contribution is 5.93. The average Bonchev–Trinajstić information content (AvgIpc) is 2.79. The van der Waals surface area contributed by atoms with Crippen LogP contribution in [0.3, 0.4) is 0 Å². The van der Waals surface area contributed by atoms with Gasteiger partial charge in [0, 0.05) is 31.0 Å². The van der Waals surface area contributed by atoms with Gasteiger partial charge in [0.05, 0.1) is 29.0 Å². The van der Waals surface area contributed by atoms with Crippen LogP contribution in [0.5, 0.6) is 0 Å². The van der Waals surface area contributed by atoms with Crippen LogP contribution in [0.2, 0.25) is 0 Å². The Hall–Kier alpha value is -3.42. The summed E-state index contributed by atoms with van der Waals surface area (Å²) >= 11 is 0. The second kappa shape index (κ2) is 8.98. The van der Waals surface area contributed by atoms with Gasteiger partial charge in [-0.1, -0.05) is 30.3 Å². The van der Waals surface area contributed by atoms with Crippen LogP contribution in [0.4, 0.5) is 18.9 Å². The first-order valence-corrected chi connectivity index (χ1v) is 10.4. The molecule has 4 rings (SSSR count). The van der Waals surface area contributed by atoms with E-state index in [9.17, 15) is 18.0 Å². The van der Waals surface area contributed by atoms with Crippen molar-refractivity contribution in [3.05, 3.63) is 71.2 Å². The van der Waals surface area contributed by atoms with Gasteiger partial charge in [-0.3, -0.25) is 4.79 Å². The predicted octanol–water partition coefficient (Wildman–Crippen LogP) is 5.52. The Bertz CT molecular complexity index is 1200. The second-order valence-corrected chi connectivity index (χ2v) is 7.85. The number of amides is 1. The van der Waals surface area contributed by atoms with Crippen molar-refractivity contribution in [2.75, 3.05) is 18.4 Å². The number of fused-ring (bicyclic) bond motifs is 1. The first-order valence-electron chi connectivity index (χ1n) is 10.4. The molecule has 0 saturated carbocycles. The van der Waals surface area contributed by atoms with Crippen LogP contribution < -0.4 is 5.32 Å². The number of benzene rings is 2. The molecule has 32 heavy (non-hydrogen) atoms. The van der Waals surface area contributed by atoms with Gasteiger partial charge in [-0.15, -0.1) is 0 Å². The van der Waals surface area contributed by atoms with Crippen molar-refractivity contribution in [1.29, 1.82) is 0 Å². The van der Waals surface area contributed by atoms with E-state index in [0.29, 0.717) is 24.3 Å². The topological polar surface area (TPSA) is 58.1 Å². The number of anilines is 1. The third-order valence-electron chi connectivity index (χ3n) is 5.80. The van der Waals surface area contributed by atoms with E-state index in [2.05, 4.69) is 15.5 Å². The maximum absolute atomic E-state index is 14.6. The van der Waals surface area contributed by atoms with Crippen molar-refractivity contribution < 1.29 is 18.0 Å². The molecule has 0 saturated heterocycles. The van der Waals surface area contributed by atoms with E-state index >= 15 is 0 Å². The highest BCUT2D eigenvalue weighted by Gasteiger charge is 2.20. The fraction of sp³-hybridized carbons (Fsp3) is 0.292. The number of carbonyl (C=O) groups is 1. The van der Waals surface area contributed by atoms with Gasteiger partial charge in [0.25, 0.3) is 6.43 Å². The number of carbonyl (C=O) groups excluding carboxylic acids is 1. The summed E-state index contributed by atoms with van der Waals surface area (Å²) in [5, 5.41) is 12.2. The van der Waals surface area contributed by atoms with Crippen LogP contribution in [0.1, 0.15) is 49.4 Å². The molecule has 8 heteroatoms. The number of rotatable bonds is 5. The summed E-state index contributed by atoms with van der Waals surface area (Å²) in [7, 11) is 0. The Balaban J connectivity index is 1.65. The van der Waals surface area contributed by atoms with E-state index < -0.39 is 23.8 Å². The van der Waals surface area contributed by atoms with Gasteiger partial charge in [0.15, 0.2) is 0 Å². The molecule has 5 nitrogen and oxygen atoms in total. The van der Waals surface area contributed by atoms with Crippen molar-refractivity contribution >= 4 is 28.1 Å². The van der Waals surface area contributed by atoms with Crippen LogP contribution in [-0.4, -0.2) is 34.1 Å². The molecular formula is C24H23F3N4O. The number of nitrogens with zero attached hydrogens (tertiary/aromatic N) is 3. The Morgan fingerprint density at radius 1 is 1.19 bits per heavy atom. The normalized spacial score (nSPS) is 15.1. The molecule has 1 amide bonds. The smallest absolute Gasteiger partial charge is 0.266 e. The number of hydrogen-bond acceptors (Lipinski definition) is 4. The van der Waals surface area contributed by atoms with E-state index in [0.717, 1.165) is 29.0 Å². The van der Waals surface area contributed by atoms with Gasteiger partial charge in [-0.2, -0.15) is 10.2 Å². The van der Waals surface area contributed by atoms with Gasteiger partial charge < -0.3 is 10.2 Å². The standard InChI is InChI=1S/C24H23F3N4O/c1-14(18-4-3-5-19(23(18)25)24(26)27)29-22-13-28-30-21-7-6-17(12-20(21)22)16-8-10-31(11-9-16)15(2)32/h3-8,12-14,24H,9-11H2,1-2H3,(H,29,30)/t14-/m1/s1. The Labute approximate surface area is 183 Å². The molecule has 2 aromatic carbocycles. The van der Waals surface area contributed by atoms with Crippen molar-refractivity contribution in [1.82, 2.24) is 15.1 Å². The number of hydrogen-bond donors (Lipinski definition) is 1. The van der Waals surface area contributed by atoms with Crippen molar-refractivity contribution in [3.8, 4) is 0 Å². The molecule has 2 heterocycles. The summed E-state index contributed by atoms with van der Waals surface area (Å²) in [4.78, 5) is 13.4. The lowest BCUT2D eigenvalue weighted by Gasteiger charge is -2.25. The molecule has 0 aliphatic carbocycles. The monoisotopic (exact) mass is 440 g/mol. The Morgan fingerprint density at radius 2 is 1.97 bits per heavy atom. The number of alkyl halides is 2. The van der Waals surface area contributed by atoms with Gasteiger partial charge >= 0.3 is 0 Å². The molecule has 1 atom stereocenters. The van der Waals surface area contributed by atoms with Crippen LogP contribution >= 0.6 is 0 Å². The Morgan fingerprint density at radius 3 is 2.66 bits per heavy atom. The number of halogens is 3. The highest BCUT2D eigenvalue weighted by atomic mass is 19.3. The lowest BCUT2D eigenvalue weighted by molar-refractivity contribution is -0.128. The Kier molecular flexibility index (Phi) is 6.12. The minimum absolute atomic E-state index is 0.0534. The van der Waals surface area contributed by atoms with E-state index in [-0.39, 0.29) is 11.5 Å². The molecular weight excluding hydrogens is 417 g/mol. The minimum atomic E-state index is -2.88. The molecule has 3 aromatic rings. The average molecular weight is 440 g/mol. The van der Waals surface area contributed by atoms with Crippen LogP contribution in [0, 0.1) is 5.82 Å². The summed E-state index contributed by atoms with van der Waals surface area (Å²) in [6, 6.07) is 9.27. The maximum atomic E-state index is 14.6. The first-order chi connectivity index (χ1) is 15.3. The largest absolute Gasteiger partial charge is 0.377 e. The molecule has 0 radical (unpaired) electrons. The zero-order valence-corrected chi connectivity index (χ0v) is 17.8. The van der Waals surface area contributed by atoms with Crippen molar-refractivity contribution in [2.45, 2.75) is 32.7 Å². The third kappa shape index (κ3) is 4.30. The molecule has 1 N–H and O–H groups in total. The highest BCUT2D eigenvalue weighted by Crippen LogP contribution is 2.32. The van der Waals surface area contributed by atoms with Gasteiger partial charge in [-0.25, -0.2) is 13.2 Å². The summed E-state index contributed by atoms with van der Waals surface area (Å²) in [5.74, 6) is -0.852. The van der Waals surface area contributed by atoms with E-state index in [1.807, 2.05) is 24.3 Å². The first kappa shape index (κ1) is 21.8. The van der Waals surface area contributed by atoms with E-state index in [1.54, 1.807) is 24.9 Å². The second-order valence-electron chi connectivity index (χ2n) is 7.85. The molecule has 1 aliphatic heterocycles. The van der Waals surface area contributed by atoms with Gasteiger partial charge in [-0.05, 0) is 36.6 Å². The zero-order chi connectivity index (χ0) is 22.8. The molecule has 166 valence electrons. The molecule has 0 spiro atoms. The SMILES string of the molecule is CC(=O)N1CC=C(c2ccc3nncc(N[C@H](C)c4cccc(C(F)F)c4F)c3c2)CC1. The predicted molar refractivity (Wildman–Crippen MR) is 118 cm³/mol.